The summed E-state index contributed by atoms with van der Waals surface area (Å²) < 4.78 is 1.31. The molecule has 2 aromatic heterocycles. The van der Waals surface area contributed by atoms with Crippen molar-refractivity contribution < 1.29 is 9.63 Å². The van der Waals surface area contributed by atoms with Crippen LogP contribution in [0.4, 0.5) is 0 Å². The standard InChI is InChI=1S/C16H11N3O2/c1-11(20)21-19-10-15(12-5-3-2-4-6-12)14-8-7-13(9-17)18-16(14)19/h2-8,10H,1H3. The molecular weight excluding hydrogens is 266 g/mol. The molecule has 0 bridgehead atoms. The molecule has 0 aliphatic carbocycles. The first-order valence-corrected chi connectivity index (χ1v) is 6.35. The van der Waals surface area contributed by atoms with Gasteiger partial charge < -0.3 is 4.84 Å². The van der Waals surface area contributed by atoms with Crippen molar-refractivity contribution in [3.63, 3.8) is 0 Å². The Balaban J connectivity index is 2.27. The number of benzene rings is 1. The van der Waals surface area contributed by atoms with Crippen LogP contribution in [0, 0.1) is 11.3 Å². The van der Waals surface area contributed by atoms with Crippen LogP contribution in [-0.2, 0) is 4.79 Å². The van der Waals surface area contributed by atoms with Gasteiger partial charge in [0.25, 0.3) is 0 Å². The lowest BCUT2D eigenvalue weighted by atomic mass is 10.1. The van der Waals surface area contributed by atoms with E-state index in [0.717, 1.165) is 16.5 Å². The number of hydrogen-bond acceptors (Lipinski definition) is 4. The van der Waals surface area contributed by atoms with Gasteiger partial charge in [-0.05, 0) is 17.7 Å². The van der Waals surface area contributed by atoms with Gasteiger partial charge in [0.15, 0.2) is 5.65 Å². The quantitative estimate of drug-likeness (QED) is 0.722. The van der Waals surface area contributed by atoms with Gasteiger partial charge in [0, 0.05) is 17.9 Å². The Morgan fingerprint density at radius 3 is 2.67 bits per heavy atom. The molecule has 0 aliphatic rings. The number of rotatable bonds is 2. The summed E-state index contributed by atoms with van der Waals surface area (Å²) in [6.07, 6.45) is 1.70. The van der Waals surface area contributed by atoms with Crippen LogP contribution < -0.4 is 4.84 Å². The van der Waals surface area contributed by atoms with Gasteiger partial charge in [0.1, 0.15) is 11.8 Å². The highest BCUT2D eigenvalue weighted by Crippen LogP contribution is 2.29. The van der Waals surface area contributed by atoms with E-state index < -0.39 is 5.97 Å². The minimum atomic E-state index is -0.448. The number of hydrogen-bond donors (Lipinski definition) is 0. The number of carbonyl (C=O) groups is 1. The van der Waals surface area contributed by atoms with E-state index in [2.05, 4.69) is 4.98 Å². The second-order valence-electron chi connectivity index (χ2n) is 4.50. The van der Waals surface area contributed by atoms with Crippen molar-refractivity contribution in [1.29, 1.82) is 5.26 Å². The van der Waals surface area contributed by atoms with Crippen molar-refractivity contribution in [3.8, 4) is 17.2 Å². The highest BCUT2D eigenvalue weighted by molar-refractivity contribution is 5.94. The fourth-order valence-corrected chi connectivity index (χ4v) is 2.19. The maximum absolute atomic E-state index is 11.2. The van der Waals surface area contributed by atoms with Crippen LogP contribution in [0.2, 0.25) is 0 Å². The number of carbonyl (C=O) groups excluding carboxylic acids is 1. The summed E-state index contributed by atoms with van der Waals surface area (Å²) in [5.74, 6) is -0.448. The first kappa shape index (κ1) is 12.9. The van der Waals surface area contributed by atoms with E-state index in [9.17, 15) is 4.79 Å². The van der Waals surface area contributed by atoms with Crippen LogP contribution in [0.3, 0.4) is 0 Å². The molecule has 1 aromatic carbocycles. The van der Waals surface area contributed by atoms with Gasteiger partial charge in [0.2, 0.25) is 0 Å². The van der Waals surface area contributed by atoms with Crippen molar-refractivity contribution in [3.05, 3.63) is 54.4 Å². The largest absolute Gasteiger partial charge is 0.335 e. The Hall–Kier alpha value is -3.13. The molecule has 5 heteroatoms. The Labute approximate surface area is 121 Å². The highest BCUT2D eigenvalue weighted by Gasteiger charge is 2.14. The number of aromatic nitrogens is 2. The average molecular weight is 277 g/mol. The SMILES string of the molecule is CC(=O)On1cc(-c2ccccc2)c2ccc(C#N)nc21. The first-order valence-electron chi connectivity index (χ1n) is 6.35. The molecule has 0 fully saturated rings. The van der Waals surface area contributed by atoms with E-state index in [4.69, 9.17) is 10.1 Å². The zero-order valence-electron chi connectivity index (χ0n) is 11.3. The molecule has 0 spiro atoms. The molecule has 3 rings (SSSR count). The van der Waals surface area contributed by atoms with Crippen molar-refractivity contribution in [2.45, 2.75) is 6.92 Å². The summed E-state index contributed by atoms with van der Waals surface area (Å²) in [5, 5.41) is 9.78. The van der Waals surface area contributed by atoms with E-state index in [1.807, 2.05) is 42.5 Å². The van der Waals surface area contributed by atoms with Gasteiger partial charge in [-0.2, -0.15) is 9.99 Å². The summed E-state index contributed by atoms with van der Waals surface area (Å²) in [4.78, 5) is 20.6. The number of fused-ring (bicyclic) bond motifs is 1. The zero-order valence-corrected chi connectivity index (χ0v) is 11.3. The van der Waals surface area contributed by atoms with Crippen LogP contribution in [0.5, 0.6) is 0 Å². The molecule has 0 aliphatic heterocycles. The lowest BCUT2D eigenvalue weighted by Crippen LogP contribution is -2.15. The molecule has 2 heterocycles. The van der Waals surface area contributed by atoms with Gasteiger partial charge in [-0.3, -0.25) is 0 Å². The molecule has 3 aromatic rings. The van der Waals surface area contributed by atoms with E-state index in [-0.39, 0.29) is 5.69 Å². The molecule has 0 N–H and O–H groups in total. The molecular formula is C16H11N3O2. The van der Waals surface area contributed by atoms with Crippen LogP contribution >= 0.6 is 0 Å². The fourth-order valence-electron chi connectivity index (χ4n) is 2.19. The summed E-state index contributed by atoms with van der Waals surface area (Å²) in [5.41, 5.74) is 2.60. The van der Waals surface area contributed by atoms with E-state index in [0.29, 0.717) is 5.65 Å². The first-order chi connectivity index (χ1) is 10.2. The molecule has 0 radical (unpaired) electrons. The van der Waals surface area contributed by atoms with Crippen molar-refractivity contribution in [1.82, 2.24) is 9.71 Å². The summed E-state index contributed by atoms with van der Waals surface area (Å²) >= 11 is 0. The number of pyridine rings is 1. The normalized spacial score (nSPS) is 10.3. The monoisotopic (exact) mass is 277 g/mol. The molecule has 21 heavy (non-hydrogen) atoms. The Morgan fingerprint density at radius 2 is 2.00 bits per heavy atom. The zero-order chi connectivity index (χ0) is 14.8. The number of nitriles is 1. The van der Waals surface area contributed by atoms with E-state index in [1.165, 1.54) is 11.7 Å². The van der Waals surface area contributed by atoms with Crippen molar-refractivity contribution >= 4 is 17.0 Å². The van der Waals surface area contributed by atoms with Gasteiger partial charge in [-0.25, -0.2) is 9.78 Å². The molecule has 0 unspecified atom stereocenters. The van der Waals surface area contributed by atoms with Crippen LogP contribution in [0.25, 0.3) is 22.2 Å². The lowest BCUT2D eigenvalue weighted by molar-refractivity contribution is -0.140. The summed E-state index contributed by atoms with van der Waals surface area (Å²) in [7, 11) is 0. The topological polar surface area (TPSA) is 67.9 Å². The summed E-state index contributed by atoms with van der Waals surface area (Å²) in [6, 6.07) is 15.2. The summed E-state index contributed by atoms with van der Waals surface area (Å²) in [6.45, 7) is 1.32. The minimum Gasteiger partial charge on any atom is -0.335 e. The Bertz CT molecular complexity index is 860. The fraction of sp³-hybridized carbons (Fsp3) is 0.0625. The Morgan fingerprint density at radius 1 is 1.24 bits per heavy atom. The van der Waals surface area contributed by atoms with E-state index >= 15 is 0 Å². The third kappa shape index (κ3) is 2.35. The van der Waals surface area contributed by atoms with E-state index in [1.54, 1.807) is 12.3 Å². The van der Waals surface area contributed by atoms with Crippen molar-refractivity contribution in [2.75, 3.05) is 0 Å². The molecule has 0 atom stereocenters. The molecule has 102 valence electrons. The molecule has 0 saturated heterocycles. The van der Waals surface area contributed by atoms with Crippen LogP contribution in [-0.4, -0.2) is 15.7 Å². The third-order valence-electron chi connectivity index (χ3n) is 3.05. The smallest absolute Gasteiger partial charge is 0.329 e. The van der Waals surface area contributed by atoms with Crippen molar-refractivity contribution in [2.24, 2.45) is 0 Å². The predicted octanol–water partition coefficient (Wildman–Crippen LogP) is 2.55. The second kappa shape index (κ2) is 5.10. The number of nitrogens with zero attached hydrogens (tertiary/aromatic N) is 3. The second-order valence-corrected chi connectivity index (χ2v) is 4.50. The maximum atomic E-state index is 11.2. The van der Waals surface area contributed by atoms with Gasteiger partial charge in [0.05, 0.1) is 6.20 Å². The Kier molecular flexibility index (Phi) is 3.13. The lowest BCUT2D eigenvalue weighted by Gasteiger charge is -2.01. The highest BCUT2D eigenvalue weighted by atomic mass is 16.7. The minimum absolute atomic E-state index is 0.272. The molecule has 5 nitrogen and oxygen atoms in total. The van der Waals surface area contributed by atoms with Gasteiger partial charge in [-0.15, -0.1) is 0 Å². The van der Waals surface area contributed by atoms with Gasteiger partial charge >= 0.3 is 5.97 Å². The maximum Gasteiger partial charge on any atom is 0.329 e. The average Bonchev–Trinajstić information content (AvgIpc) is 2.85. The van der Waals surface area contributed by atoms with Gasteiger partial charge in [-0.1, -0.05) is 30.3 Å². The predicted molar refractivity (Wildman–Crippen MR) is 77.1 cm³/mol. The third-order valence-corrected chi connectivity index (χ3v) is 3.05. The molecule has 0 saturated carbocycles. The van der Waals surface area contributed by atoms with Crippen LogP contribution in [0.15, 0.2) is 48.7 Å². The van der Waals surface area contributed by atoms with Crippen LogP contribution in [0.1, 0.15) is 12.6 Å². The molecule has 0 amide bonds.